The van der Waals surface area contributed by atoms with Crippen molar-refractivity contribution in [2.45, 2.75) is 59.0 Å². The predicted molar refractivity (Wildman–Crippen MR) is 84.0 cm³/mol. The summed E-state index contributed by atoms with van der Waals surface area (Å²) in [5.41, 5.74) is 1.47. The maximum atomic E-state index is 12.5. The van der Waals surface area contributed by atoms with Gasteiger partial charge in [-0.1, -0.05) is 51.1 Å². The minimum Gasteiger partial charge on any atom is -0.461 e. The van der Waals surface area contributed by atoms with Crippen LogP contribution in [0.2, 0.25) is 0 Å². The number of rotatable bonds is 3. The number of fused-ring (bicyclic) bond motifs is 2. The van der Waals surface area contributed by atoms with Crippen LogP contribution in [-0.4, -0.2) is 12.1 Å². The second-order valence-electron chi connectivity index (χ2n) is 7.67. The van der Waals surface area contributed by atoms with E-state index in [4.69, 9.17) is 4.74 Å². The molecule has 3 rings (SSSR count). The maximum Gasteiger partial charge on any atom is 0.313 e. The molecule has 114 valence electrons. The Morgan fingerprint density at radius 2 is 1.90 bits per heavy atom. The van der Waals surface area contributed by atoms with Crippen molar-refractivity contribution >= 4 is 5.97 Å². The molecule has 2 heteroatoms. The molecule has 0 amide bonds. The minimum absolute atomic E-state index is 0.0734. The first kappa shape index (κ1) is 14.6. The standard InChI is InChI=1S/C19H26O2/c1-13(14-8-6-5-7-9-14)17(20)21-16-12-15-10-11-19(16,4)18(15,2)3/h5-9,13,15-16H,10-12H2,1-4H3/t13?,15-,16+,19+/m1/s1. The molecule has 2 nitrogen and oxygen atoms in total. The van der Waals surface area contributed by atoms with Gasteiger partial charge in [0.25, 0.3) is 0 Å². The summed E-state index contributed by atoms with van der Waals surface area (Å²) < 4.78 is 5.96. The van der Waals surface area contributed by atoms with Crippen LogP contribution in [0.3, 0.4) is 0 Å². The molecule has 21 heavy (non-hydrogen) atoms. The molecule has 2 bridgehead atoms. The number of hydrogen-bond donors (Lipinski definition) is 0. The zero-order valence-corrected chi connectivity index (χ0v) is 13.6. The summed E-state index contributed by atoms with van der Waals surface area (Å²) in [5.74, 6) is 0.445. The van der Waals surface area contributed by atoms with Gasteiger partial charge >= 0.3 is 5.97 Å². The van der Waals surface area contributed by atoms with Crippen molar-refractivity contribution in [1.82, 2.24) is 0 Å². The van der Waals surface area contributed by atoms with E-state index in [1.54, 1.807) is 0 Å². The highest BCUT2D eigenvalue weighted by atomic mass is 16.5. The molecule has 1 aromatic carbocycles. The Labute approximate surface area is 127 Å². The molecule has 0 radical (unpaired) electrons. The SMILES string of the molecule is CC(C(=O)O[C@H]1C[C@H]2CC[C@]1(C)C2(C)C)c1ccccc1. The number of ether oxygens (including phenoxy) is 1. The minimum atomic E-state index is -0.183. The van der Waals surface area contributed by atoms with Gasteiger partial charge in [-0.05, 0) is 43.1 Å². The molecule has 2 aliphatic rings. The van der Waals surface area contributed by atoms with Gasteiger partial charge in [-0.25, -0.2) is 0 Å². The molecule has 0 spiro atoms. The third-order valence-corrected chi connectivity index (χ3v) is 6.63. The van der Waals surface area contributed by atoms with Gasteiger partial charge in [0.05, 0.1) is 5.92 Å². The van der Waals surface area contributed by atoms with E-state index in [-0.39, 0.29) is 28.8 Å². The Morgan fingerprint density at radius 1 is 1.24 bits per heavy atom. The Hall–Kier alpha value is -1.31. The molecular weight excluding hydrogens is 260 g/mol. The molecule has 1 unspecified atom stereocenters. The van der Waals surface area contributed by atoms with Crippen LogP contribution >= 0.6 is 0 Å². The lowest BCUT2D eigenvalue weighted by Gasteiger charge is -2.38. The van der Waals surface area contributed by atoms with Gasteiger partial charge in [0, 0.05) is 5.41 Å². The normalized spacial score (nSPS) is 34.7. The summed E-state index contributed by atoms with van der Waals surface area (Å²) >= 11 is 0. The van der Waals surface area contributed by atoms with Crippen LogP contribution in [0.5, 0.6) is 0 Å². The van der Waals surface area contributed by atoms with Crippen molar-refractivity contribution in [2.24, 2.45) is 16.7 Å². The fraction of sp³-hybridized carbons (Fsp3) is 0.632. The molecule has 4 atom stereocenters. The van der Waals surface area contributed by atoms with E-state index in [9.17, 15) is 4.79 Å². The third kappa shape index (κ3) is 2.11. The lowest BCUT2D eigenvalue weighted by Crippen LogP contribution is -2.39. The van der Waals surface area contributed by atoms with Crippen molar-refractivity contribution in [3.63, 3.8) is 0 Å². The molecule has 2 aliphatic carbocycles. The van der Waals surface area contributed by atoms with Gasteiger partial charge in [0.1, 0.15) is 6.10 Å². The van der Waals surface area contributed by atoms with Crippen LogP contribution < -0.4 is 0 Å². The van der Waals surface area contributed by atoms with Crippen molar-refractivity contribution in [3.05, 3.63) is 35.9 Å². The van der Waals surface area contributed by atoms with Crippen LogP contribution in [0.15, 0.2) is 30.3 Å². The molecular formula is C19H26O2. The number of carbonyl (C=O) groups is 1. The van der Waals surface area contributed by atoms with Crippen LogP contribution in [0.4, 0.5) is 0 Å². The first-order valence-corrected chi connectivity index (χ1v) is 8.11. The lowest BCUT2D eigenvalue weighted by molar-refractivity contribution is -0.158. The molecule has 0 N–H and O–H groups in total. The van der Waals surface area contributed by atoms with Crippen molar-refractivity contribution in [2.75, 3.05) is 0 Å². The zero-order valence-electron chi connectivity index (χ0n) is 13.6. The smallest absolute Gasteiger partial charge is 0.313 e. The molecule has 2 fully saturated rings. The number of esters is 1. The summed E-state index contributed by atoms with van der Waals surface area (Å²) in [5, 5.41) is 0. The molecule has 2 saturated carbocycles. The lowest BCUT2D eigenvalue weighted by atomic mass is 9.70. The van der Waals surface area contributed by atoms with E-state index in [1.165, 1.54) is 12.8 Å². The van der Waals surface area contributed by atoms with Crippen LogP contribution in [0.1, 0.15) is 58.4 Å². The van der Waals surface area contributed by atoms with E-state index < -0.39 is 0 Å². The van der Waals surface area contributed by atoms with Crippen molar-refractivity contribution < 1.29 is 9.53 Å². The molecule has 0 aliphatic heterocycles. The highest BCUT2D eigenvalue weighted by molar-refractivity contribution is 5.77. The van der Waals surface area contributed by atoms with Gasteiger partial charge in [-0.15, -0.1) is 0 Å². The second kappa shape index (κ2) is 4.86. The van der Waals surface area contributed by atoms with Crippen LogP contribution in [0, 0.1) is 16.7 Å². The van der Waals surface area contributed by atoms with Gasteiger partial charge in [-0.3, -0.25) is 4.79 Å². The fourth-order valence-corrected chi connectivity index (χ4v) is 4.43. The third-order valence-electron chi connectivity index (χ3n) is 6.63. The summed E-state index contributed by atoms with van der Waals surface area (Å²) in [4.78, 5) is 12.5. The average Bonchev–Trinajstić information content (AvgIpc) is 2.80. The van der Waals surface area contributed by atoms with Gasteiger partial charge in [-0.2, -0.15) is 0 Å². The molecule has 1 aromatic rings. The van der Waals surface area contributed by atoms with E-state index in [0.29, 0.717) is 5.92 Å². The quantitative estimate of drug-likeness (QED) is 0.762. The van der Waals surface area contributed by atoms with Crippen LogP contribution in [-0.2, 0) is 9.53 Å². The van der Waals surface area contributed by atoms with Gasteiger partial charge < -0.3 is 4.74 Å². The first-order valence-electron chi connectivity index (χ1n) is 8.11. The number of hydrogen-bond acceptors (Lipinski definition) is 2. The zero-order chi connectivity index (χ0) is 15.3. The van der Waals surface area contributed by atoms with E-state index in [1.807, 2.05) is 37.3 Å². The Morgan fingerprint density at radius 3 is 2.43 bits per heavy atom. The van der Waals surface area contributed by atoms with Gasteiger partial charge in [0.2, 0.25) is 0 Å². The van der Waals surface area contributed by atoms with Crippen molar-refractivity contribution in [1.29, 1.82) is 0 Å². The number of carbonyl (C=O) groups excluding carboxylic acids is 1. The fourth-order valence-electron chi connectivity index (χ4n) is 4.43. The van der Waals surface area contributed by atoms with E-state index >= 15 is 0 Å². The number of benzene rings is 1. The monoisotopic (exact) mass is 286 g/mol. The van der Waals surface area contributed by atoms with E-state index in [0.717, 1.165) is 12.0 Å². The Bertz CT molecular complexity index is 534. The van der Waals surface area contributed by atoms with Gasteiger partial charge in [0.15, 0.2) is 0 Å². The van der Waals surface area contributed by atoms with Crippen LogP contribution in [0.25, 0.3) is 0 Å². The highest BCUT2D eigenvalue weighted by Gasteiger charge is 2.62. The largest absolute Gasteiger partial charge is 0.461 e. The summed E-state index contributed by atoms with van der Waals surface area (Å²) in [7, 11) is 0. The Balaban J connectivity index is 1.72. The maximum absolute atomic E-state index is 12.5. The topological polar surface area (TPSA) is 26.3 Å². The highest BCUT2D eigenvalue weighted by Crippen LogP contribution is 2.66. The summed E-state index contributed by atoms with van der Waals surface area (Å²) in [6.45, 7) is 8.95. The Kier molecular flexibility index (Phi) is 3.38. The first-order chi connectivity index (χ1) is 9.86. The predicted octanol–water partition coefficient (Wildman–Crippen LogP) is 4.55. The summed E-state index contributed by atoms with van der Waals surface area (Å²) in [6, 6.07) is 9.92. The van der Waals surface area contributed by atoms with E-state index in [2.05, 4.69) is 20.8 Å². The second-order valence-corrected chi connectivity index (χ2v) is 7.67. The molecule has 0 heterocycles. The average molecular weight is 286 g/mol. The molecule has 0 saturated heterocycles. The van der Waals surface area contributed by atoms with Crippen molar-refractivity contribution in [3.8, 4) is 0 Å². The molecule has 0 aromatic heterocycles. The summed E-state index contributed by atoms with van der Waals surface area (Å²) in [6.07, 6.45) is 3.59.